The van der Waals surface area contributed by atoms with Gasteiger partial charge < -0.3 is 4.74 Å². The van der Waals surface area contributed by atoms with Crippen LogP contribution in [0.4, 0.5) is 0 Å². The first kappa shape index (κ1) is 29.7. The van der Waals surface area contributed by atoms with Crippen LogP contribution in [-0.4, -0.2) is 0 Å². The van der Waals surface area contributed by atoms with Crippen LogP contribution in [0.25, 0.3) is 98.7 Å². The van der Waals surface area contributed by atoms with Gasteiger partial charge in [0, 0.05) is 10.9 Å². The first-order valence-electron chi connectivity index (χ1n) is 18.3. The molecule has 1 aliphatic rings. The number of rotatable bonds is 4. The van der Waals surface area contributed by atoms with E-state index in [0.29, 0.717) is 0 Å². The smallest absolute Gasteiger partial charge is 0.135 e. The van der Waals surface area contributed by atoms with Gasteiger partial charge in [-0.15, -0.1) is 0 Å². The predicted molar refractivity (Wildman–Crippen MR) is 224 cm³/mol. The van der Waals surface area contributed by atoms with Gasteiger partial charge in [-0.1, -0.05) is 176 Å². The van der Waals surface area contributed by atoms with Crippen LogP contribution in [0.3, 0.4) is 0 Å². The molecule has 0 fully saturated rings. The highest BCUT2D eigenvalue weighted by Crippen LogP contribution is 2.50. The lowest BCUT2D eigenvalue weighted by Crippen LogP contribution is -1.98. The molecule has 0 radical (unpaired) electrons. The van der Waals surface area contributed by atoms with Crippen molar-refractivity contribution in [2.75, 3.05) is 0 Å². The van der Waals surface area contributed by atoms with Crippen molar-refractivity contribution >= 4 is 43.1 Å². The van der Waals surface area contributed by atoms with Crippen molar-refractivity contribution in [3.63, 3.8) is 0 Å². The van der Waals surface area contributed by atoms with Gasteiger partial charge in [-0.2, -0.15) is 0 Å². The summed E-state index contributed by atoms with van der Waals surface area (Å²) in [6.07, 6.45) is 0. The van der Waals surface area contributed by atoms with Gasteiger partial charge in [-0.05, 0) is 106 Å². The summed E-state index contributed by atoms with van der Waals surface area (Å²) >= 11 is 0. The minimum Gasteiger partial charge on any atom is -0.456 e. The lowest BCUT2D eigenvalue weighted by atomic mass is 9.83. The minimum absolute atomic E-state index is 0.897. The summed E-state index contributed by atoms with van der Waals surface area (Å²) in [7, 11) is 0. The van der Waals surface area contributed by atoms with Gasteiger partial charge in [0.1, 0.15) is 11.5 Å². The van der Waals surface area contributed by atoms with Crippen LogP contribution < -0.4 is 4.74 Å². The molecule has 0 N–H and O–H groups in total. The summed E-state index contributed by atoms with van der Waals surface area (Å²) in [4.78, 5) is 0. The highest BCUT2D eigenvalue weighted by molar-refractivity contribution is 6.28. The molecule has 53 heavy (non-hydrogen) atoms. The summed E-state index contributed by atoms with van der Waals surface area (Å²) in [5, 5.41) is 9.97. The molecule has 0 spiro atoms. The van der Waals surface area contributed by atoms with E-state index in [2.05, 4.69) is 194 Å². The molecule has 0 unspecified atom stereocenters. The molecule has 0 saturated heterocycles. The summed E-state index contributed by atoms with van der Waals surface area (Å²) < 4.78 is 6.63. The van der Waals surface area contributed by atoms with Gasteiger partial charge in [0.25, 0.3) is 0 Å². The second-order valence-electron chi connectivity index (χ2n) is 14.0. The molecule has 10 aromatic carbocycles. The first-order valence-corrected chi connectivity index (χ1v) is 18.3. The number of fused-ring (bicyclic) bond motifs is 6. The van der Waals surface area contributed by atoms with E-state index in [4.69, 9.17) is 4.74 Å². The number of hydrogen-bond acceptors (Lipinski definition) is 1. The highest BCUT2D eigenvalue weighted by Gasteiger charge is 2.23. The van der Waals surface area contributed by atoms with E-state index in [-0.39, 0.29) is 0 Å². The molecule has 0 saturated carbocycles. The maximum Gasteiger partial charge on any atom is 0.135 e. The van der Waals surface area contributed by atoms with E-state index in [9.17, 15) is 0 Å². The predicted octanol–water partition coefficient (Wildman–Crippen LogP) is 14.7. The summed E-state index contributed by atoms with van der Waals surface area (Å²) in [5.74, 6) is 1.80. The Kier molecular flexibility index (Phi) is 6.62. The van der Waals surface area contributed by atoms with Crippen LogP contribution >= 0.6 is 0 Å². The number of ether oxygens (including phenoxy) is 1. The lowest BCUT2D eigenvalue weighted by molar-refractivity contribution is 0.487. The van der Waals surface area contributed by atoms with Crippen LogP contribution in [0.5, 0.6) is 11.5 Å². The zero-order valence-corrected chi connectivity index (χ0v) is 28.9. The fourth-order valence-corrected chi connectivity index (χ4v) is 8.67. The Bertz CT molecular complexity index is 3050. The Hall–Kier alpha value is -6.96. The van der Waals surface area contributed by atoms with E-state index >= 15 is 0 Å². The average Bonchev–Trinajstić information content (AvgIpc) is 3.23. The van der Waals surface area contributed by atoms with E-state index in [1.54, 1.807) is 0 Å². The highest BCUT2D eigenvalue weighted by atomic mass is 16.5. The Morgan fingerprint density at radius 3 is 1.66 bits per heavy atom. The quantitative estimate of drug-likeness (QED) is 0.134. The third-order valence-electron chi connectivity index (χ3n) is 11.1. The van der Waals surface area contributed by atoms with Gasteiger partial charge in [-0.3, -0.25) is 0 Å². The minimum atomic E-state index is 0.897. The van der Waals surface area contributed by atoms with Crippen molar-refractivity contribution < 1.29 is 4.74 Å². The molecule has 0 amide bonds. The van der Waals surface area contributed by atoms with Crippen LogP contribution in [0.2, 0.25) is 0 Å². The zero-order valence-electron chi connectivity index (χ0n) is 28.9. The molecule has 0 aromatic heterocycles. The monoisotopic (exact) mass is 672 g/mol. The molecule has 1 heteroatoms. The van der Waals surface area contributed by atoms with E-state index < -0.39 is 0 Å². The molecular weight excluding hydrogens is 641 g/mol. The van der Waals surface area contributed by atoms with Crippen molar-refractivity contribution in [1.82, 2.24) is 0 Å². The normalized spacial score (nSPS) is 11.9. The van der Waals surface area contributed by atoms with Crippen LogP contribution in [0, 0.1) is 0 Å². The van der Waals surface area contributed by atoms with Gasteiger partial charge >= 0.3 is 0 Å². The molecule has 11 rings (SSSR count). The second-order valence-corrected chi connectivity index (χ2v) is 14.0. The summed E-state index contributed by atoms with van der Waals surface area (Å²) in [5.41, 5.74) is 12.1. The van der Waals surface area contributed by atoms with Crippen molar-refractivity contribution in [3.8, 4) is 67.1 Å². The SMILES string of the molecule is c1ccc(-c2ccc3c(c2)Oc2ccc(-c4ccc(-c5c6ccccc6c(-c6ccccc6)c6c5ccc5ccccc56)cc4)c4cccc-3c24)cc1. The third kappa shape index (κ3) is 4.64. The Balaban J connectivity index is 1.07. The summed E-state index contributed by atoms with van der Waals surface area (Å²) in [6, 6.07) is 70.4. The van der Waals surface area contributed by atoms with Crippen LogP contribution in [0.1, 0.15) is 0 Å². The standard InChI is InChI=1S/C52H32O/c1-3-12-33(13-4-1)38-27-28-41-43-21-11-20-42-39(30-31-47(51(42)43)53-48(41)32-38)35-22-24-37(25-23-35)49-44-18-9-10-19-45(44)50(36-15-5-2-6-16-36)52-40-17-8-7-14-34(40)26-29-46(49)52/h1-32H. The maximum absolute atomic E-state index is 6.63. The number of hydrogen-bond donors (Lipinski definition) is 0. The molecule has 10 aromatic rings. The summed E-state index contributed by atoms with van der Waals surface area (Å²) in [6.45, 7) is 0. The molecule has 1 heterocycles. The fraction of sp³-hybridized carbons (Fsp3) is 0. The molecule has 0 aliphatic carbocycles. The molecule has 0 atom stereocenters. The molecule has 0 bridgehead atoms. The first-order chi connectivity index (χ1) is 26.3. The molecule has 246 valence electrons. The fourth-order valence-electron chi connectivity index (χ4n) is 8.67. The van der Waals surface area contributed by atoms with Gasteiger partial charge in [0.2, 0.25) is 0 Å². The third-order valence-corrected chi connectivity index (χ3v) is 11.1. The van der Waals surface area contributed by atoms with Crippen LogP contribution in [-0.2, 0) is 0 Å². The van der Waals surface area contributed by atoms with Crippen molar-refractivity contribution in [2.45, 2.75) is 0 Å². The van der Waals surface area contributed by atoms with Crippen LogP contribution in [0.15, 0.2) is 194 Å². The lowest BCUT2D eigenvalue weighted by Gasteiger charge is -2.23. The largest absolute Gasteiger partial charge is 0.456 e. The van der Waals surface area contributed by atoms with E-state index in [1.807, 2.05) is 0 Å². The van der Waals surface area contributed by atoms with E-state index in [1.165, 1.54) is 82.2 Å². The Morgan fingerprint density at radius 2 is 0.868 bits per heavy atom. The Labute approximate surface area is 308 Å². The second kappa shape index (κ2) is 11.8. The van der Waals surface area contributed by atoms with Gasteiger partial charge in [0.05, 0.1) is 0 Å². The zero-order chi connectivity index (χ0) is 34.9. The topological polar surface area (TPSA) is 9.23 Å². The Morgan fingerprint density at radius 1 is 0.264 bits per heavy atom. The van der Waals surface area contributed by atoms with Gasteiger partial charge in [0.15, 0.2) is 0 Å². The number of benzene rings is 10. The van der Waals surface area contributed by atoms with Crippen molar-refractivity contribution in [1.29, 1.82) is 0 Å². The van der Waals surface area contributed by atoms with Crippen molar-refractivity contribution in [3.05, 3.63) is 194 Å². The molecule has 1 nitrogen and oxygen atoms in total. The van der Waals surface area contributed by atoms with E-state index in [0.717, 1.165) is 28.0 Å². The molecule has 1 aliphatic heterocycles. The maximum atomic E-state index is 6.63. The van der Waals surface area contributed by atoms with Crippen molar-refractivity contribution in [2.24, 2.45) is 0 Å². The average molecular weight is 673 g/mol. The van der Waals surface area contributed by atoms with Gasteiger partial charge in [-0.25, -0.2) is 0 Å². The molecular formula is C52H32O.